The zero-order chi connectivity index (χ0) is 14.0. The largest absolute Gasteiger partial charge is 0.508 e. The lowest BCUT2D eigenvalue weighted by molar-refractivity contribution is 0.475. The number of phenols is 1. The van der Waals surface area contributed by atoms with Crippen LogP contribution < -0.4 is 0 Å². The molecule has 0 aliphatic carbocycles. The van der Waals surface area contributed by atoms with Crippen molar-refractivity contribution in [3.05, 3.63) is 65.2 Å². The molecule has 2 aromatic carbocycles. The van der Waals surface area contributed by atoms with Crippen molar-refractivity contribution in [2.24, 2.45) is 0 Å². The molecule has 0 aliphatic heterocycles. The Labute approximate surface area is 115 Å². The molecule has 0 saturated carbocycles. The minimum atomic E-state index is 0.171. The molecule has 0 amide bonds. The van der Waals surface area contributed by atoms with Gasteiger partial charge in [-0.1, -0.05) is 64.1 Å². The maximum absolute atomic E-state index is 9.36. The van der Waals surface area contributed by atoms with E-state index in [2.05, 4.69) is 52.0 Å². The Bertz CT molecular complexity index is 547. The number of rotatable bonds is 2. The minimum absolute atomic E-state index is 0.171. The van der Waals surface area contributed by atoms with Gasteiger partial charge in [0.2, 0.25) is 0 Å². The summed E-state index contributed by atoms with van der Waals surface area (Å²) in [6, 6.07) is 16.3. The summed E-state index contributed by atoms with van der Waals surface area (Å²) in [5.74, 6) is 0.655. The van der Waals surface area contributed by atoms with Crippen molar-refractivity contribution >= 4 is 0 Å². The number of phenolic OH excluding ortho intramolecular Hbond substituents is 1. The molecule has 0 heterocycles. The highest BCUT2D eigenvalue weighted by molar-refractivity contribution is 5.38. The van der Waals surface area contributed by atoms with E-state index in [1.807, 2.05) is 12.1 Å². The fourth-order valence-electron chi connectivity index (χ4n) is 2.23. The fraction of sp³-hybridized carbons (Fsp3) is 0.333. The smallest absolute Gasteiger partial charge is 0.115 e. The summed E-state index contributed by atoms with van der Waals surface area (Å²) in [7, 11) is 0. The van der Waals surface area contributed by atoms with Crippen molar-refractivity contribution in [2.75, 3.05) is 0 Å². The van der Waals surface area contributed by atoms with Gasteiger partial charge in [0.1, 0.15) is 5.75 Å². The second kappa shape index (κ2) is 5.08. The molecule has 19 heavy (non-hydrogen) atoms. The molecule has 2 rings (SSSR count). The first-order valence-electron chi connectivity index (χ1n) is 6.77. The molecule has 1 heteroatoms. The van der Waals surface area contributed by atoms with E-state index < -0.39 is 0 Å². The van der Waals surface area contributed by atoms with Crippen molar-refractivity contribution in [2.45, 2.75) is 39.0 Å². The Hall–Kier alpha value is -1.76. The molecule has 1 atom stereocenters. The van der Waals surface area contributed by atoms with E-state index in [1.54, 1.807) is 12.1 Å². The topological polar surface area (TPSA) is 20.2 Å². The van der Waals surface area contributed by atoms with E-state index in [-0.39, 0.29) is 5.41 Å². The zero-order valence-corrected chi connectivity index (χ0v) is 12.1. The number of hydrogen-bond donors (Lipinski definition) is 1. The van der Waals surface area contributed by atoms with Gasteiger partial charge in [0.25, 0.3) is 0 Å². The molecule has 0 radical (unpaired) electrons. The Morgan fingerprint density at radius 1 is 0.895 bits per heavy atom. The quantitative estimate of drug-likeness (QED) is 0.813. The lowest BCUT2D eigenvalue weighted by atomic mass is 9.83. The normalized spacial score (nSPS) is 13.3. The van der Waals surface area contributed by atoms with Gasteiger partial charge in [-0.05, 0) is 34.2 Å². The van der Waals surface area contributed by atoms with Gasteiger partial charge in [0.15, 0.2) is 0 Å². The van der Waals surface area contributed by atoms with Gasteiger partial charge in [-0.3, -0.25) is 0 Å². The third-order valence-corrected chi connectivity index (χ3v) is 3.65. The summed E-state index contributed by atoms with van der Waals surface area (Å²) in [4.78, 5) is 0. The van der Waals surface area contributed by atoms with Crippen LogP contribution in [0.5, 0.6) is 5.75 Å². The van der Waals surface area contributed by atoms with Crippen molar-refractivity contribution in [3.63, 3.8) is 0 Å². The Balaban J connectivity index is 2.34. The highest BCUT2D eigenvalue weighted by atomic mass is 16.3. The third kappa shape index (κ3) is 3.17. The van der Waals surface area contributed by atoms with Gasteiger partial charge in [-0.15, -0.1) is 0 Å². The van der Waals surface area contributed by atoms with Crippen LogP contribution >= 0.6 is 0 Å². The zero-order valence-electron chi connectivity index (χ0n) is 12.1. The summed E-state index contributed by atoms with van der Waals surface area (Å²) in [5.41, 5.74) is 4.07. The monoisotopic (exact) mass is 254 g/mol. The third-order valence-electron chi connectivity index (χ3n) is 3.65. The van der Waals surface area contributed by atoms with Crippen LogP contribution in [-0.2, 0) is 5.41 Å². The molecule has 0 saturated heterocycles. The molecule has 0 aromatic heterocycles. The molecule has 1 unspecified atom stereocenters. The average molecular weight is 254 g/mol. The van der Waals surface area contributed by atoms with E-state index in [1.165, 1.54) is 16.7 Å². The summed E-state index contributed by atoms with van der Waals surface area (Å²) in [5, 5.41) is 9.36. The number of aromatic hydroxyl groups is 1. The first-order chi connectivity index (χ1) is 8.88. The van der Waals surface area contributed by atoms with E-state index in [4.69, 9.17) is 0 Å². The van der Waals surface area contributed by atoms with Gasteiger partial charge in [0.05, 0.1) is 0 Å². The molecule has 0 fully saturated rings. The first-order valence-corrected chi connectivity index (χ1v) is 6.77. The van der Waals surface area contributed by atoms with Crippen LogP contribution in [0.4, 0.5) is 0 Å². The first kappa shape index (κ1) is 13.7. The maximum Gasteiger partial charge on any atom is 0.115 e. The van der Waals surface area contributed by atoms with Crippen LogP contribution in [0.3, 0.4) is 0 Å². The van der Waals surface area contributed by atoms with Gasteiger partial charge >= 0.3 is 0 Å². The lowest BCUT2D eigenvalue weighted by Crippen LogP contribution is -2.11. The van der Waals surface area contributed by atoms with Gasteiger partial charge in [0, 0.05) is 5.92 Å². The van der Waals surface area contributed by atoms with E-state index in [9.17, 15) is 5.11 Å². The summed E-state index contributed by atoms with van der Waals surface area (Å²) in [6.45, 7) is 8.90. The van der Waals surface area contributed by atoms with Crippen LogP contribution in [0.1, 0.15) is 50.3 Å². The second-order valence-corrected chi connectivity index (χ2v) is 6.19. The Morgan fingerprint density at radius 3 is 2.11 bits per heavy atom. The standard InChI is InChI=1S/C18H22O/c1-13(14-8-10-17(19)11-9-14)15-6-5-7-16(12-15)18(2,3)4/h5-13,19H,1-4H3. The van der Waals surface area contributed by atoms with Crippen LogP contribution in [0.15, 0.2) is 48.5 Å². The molecular formula is C18H22O. The number of benzene rings is 2. The van der Waals surface area contributed by atoms with Crippen molar-refractivity contribution in [3.8, 4) is 5.75 Å². The van der Waals surface area contributed by atoms with Crippen molar-refractivity contribution in [1.29, 1.82) is 0 Å². The fourth-order valence-corrected chi connectivity index (χ4v) is 2.23. The van der Waals surface area contributed by atoms with Crippen LogP contribution in [0.2, 0.25) is 0 Å². The Kier molecular flexibility index (Phi) is 3.66. The molecule has 0 bridgehead atoms. The van der Waals surface area contributed by atoms with E-state index >= 15 is 0 Å². The number of hydrogen-bond acceptors (Lipinski definition) is 1. The molecule has 0 aliphatic rings. The van der Waals surface area contributed by atoms with Gasteiger partial charge in [-0.25, -0.2) is 0 Å². The van der Waals surface area contributed by atoms with Crippen molar-refractivity contribution < 1.29 is 5.11 Å². The highest BCUT2D eigenvalue weighted by Crippen LogP contribution is 2.29. The van der Waals surface area contributed by atoms with E-state index in [0.29, 0.717) is 11.7 Å². The van der Waals surface area contributed by atoms with Crippen molar-refractivity contribution in [1.82, 2.24) is 0 Å². The molecule has 100 valence electrons. The van der Waals surface area contributed by atoms with Crippen LogP contribution in [-0.4, -0.2) is 5.11 Å². The molecule has 1 nitrogen and oxygen atoms in total. The molecule has 1 N–H and O–H groups in total. The molecule has 0 spiro atoms. The Morgan fingerprint density at radius 2 is 1.53 bits per heavy atom. The summed E-state index contributed by atoms with van der Waals surface area (Å²) < 4.78 is 0. The molecule has 2 aromatic rings. The second-order valence-electron chi connectivity index (χ2n) is 6.19. The minimum Gasteiger partial charge on any atom is -0.508 e. The SMILES string of the molecule is CC(c1ccc(O)cc1)c1cccc(C(C)(C)C)c1. The lowest BCUT2D eigenvalue weighted by Gasteiger charge is -2.21. The van der Waals surface area contributed by atoms with Gasteiger partial charge < -0.3 is 5.11 Å². The predicted molar refractivity (Wildman–Crippen MR) is 80.8 cm³/mol. The maximum atomic E-state index is 9.36. The summed E-state index contributed by atoms with van der Waals surface area (Å²) >= 11 is 0. The van der Waals surface area contributed by atoms with Gasteiger partial charge in [-0.2, -0.15) is 0 Å². The molecular weight excluding hydrogens is 232 g/mol. The average Bonchev–Trinajstić information content (AvgIpc) is 2.38. The summed E-state index contributed by atoms with van der Waals surface area (Å²) in [6.07, 6.45) is 0. The predicted octanol–water partition coefficient (Wildman–Crippen LogP) is 4.84. The van der Waals surface area contributed by atoms with E-state index in [0.717, 1.165) is 0 Å². The highest BCUT2D eigenvalue weighted by Gasteiger charge is 2.15. The van der Waals surface area contributed by atoms with Crippen LogP contribution in [0, 0.1) is 0 Å². The van der Waals surface area contributed by atoms with Crippen LogP contribution in [0.25, 0.3) is 0 Å².